The van der Waals surface area contributed by atoms with Crippen molar-refractivity contribution < 1.29 is 13.9 Å². The van der Waals surface area contributed by atoms with E-state index in [9.17, 15) is 9.18 Å². The molecule has 0 atom stereocenters. The number of methoxy groups -OCH3 is 1. The molecule has 1 N–H and O–H groups in total. The normalized spacial score (nSPS) is 10.7. The minimum Gasteiger partial charge on any atom is -0.465 e. The monoisotopic (exact) mass is 411 g/mol. The Morgan fingerprint density at radius 2 is 2.18 bits per heavy atom. The van der Waals surface area contributed by atoms with Crippen molar-refractivity contribution in [2.75, 3.05) is 12.4 Å². The van der Waals surface area contributed by atoms with Crippen LogP contribution in [0.1, 0.15) is 10.4 Å². The average molecular weight is 411 g/mol. The molecular weight excluding hydrogens is 400 g/mol. The van der Waals surface area contributed by atoms with Crippen LogP contribution in [0.15, 0.2) is 42.9 Å². The number of hydrogen-bond acceptors (Lipinski definition) is 4. The summed E-state index contributed by atoms with van der Waals surface area (Å²) in [5.74, 6) is -0.492. The van der Waals surface area contributed by atoms with Gasteiger partial charge >= 0.3 is 5.97 Å². The lowest BCUT2D eigenvalue weighted by Gasteiger charge is -2.10. The lowest BCUT2D eigenvalue weighted by molar-refractivity contribution is 0.0602. The third-order valence-corrected chi connectivity index (χ3v) is 3.84. The van der Waals surface area contributed by atoms with Crippen LogP contribution in [0.25, 0.3) is 5.52 Å². The van der Waals surface area contributed by atoms with Crippen LogP contribution in [0.4, 0.5) is 15.9 Å². The molecule has 112 valence electrons. The summed E-state index contributed by atoms with van der Waals surface area (Å²) in [6.45, 7) is 0. The molecule has 0 spiro atoms. The molecule has 0 unspecified atom stereocenters. The molecule has 5 nitrogen and oxygen atoms in total. The SMILES string of the molecule is COC(=O)c1cc2ccncn2c1Nc1ccc(I)cc1F. The van der Waals surface area contributed by atoms with Crippen molar-refractivity contribution in [2.24, 2.45) is 0 Å². The van der Waals surface area contributed by atoms with Gasteiger partial charge in [0.25, 0.3) is 0 Å². The van der Waals surface area contributed by atoms with E-state index in [1.54, 1.807) is 41.2 Å². The zero-order valence-corrected chi connectivity index (χ0v) is 13.7. The standard InChI is InChI=1S/C15H11FIN3O2/c1-22-15(21)11-7-10-4-5-18-8-20(10)14(11)19-13-3-2-9(17)6-12(13)16/h2-8,19H,1H3. The number of carbonyl (C=O) groups is 1. The molecule has 0 bridgehead atoms. The maximum absolute atomic E-state index is 14.0. The highest BCUT2D eigenvalue weighted by Crippen LogP contribution is 2.27. The Labute approximate surface area is 139 Å². The maximum atomic E-state index is 14.0. The fourth-order valence-corrected chi connectivity index (χ4v) is 2.59. The van der Waals surface area contributed by atoms with E-state index in [1.807, 2.05) is 22.6 Å². The predicted octanol–water partition coefficient (Wildman–Crippen LogP) is 3.61. The third-order valence-electron chi connectivity index (χ3n) is 3.17. The average Bonchev–Trinajstić information content (AvgIpc) is 2.88. The number of aromatic nitrogens is 2. The Kier molecular flexibility index (Phi) is 3.97. The number of fused-ring (bicyclic) bond motifs is 1. The zero-order chi connectivity index (χ0) is 15.7. The molecule has 0 aliphatic carbocycles. The Balaban J connectivity index is 2.14. The van der Waals surface area contributed by atoms with E-state index in [-0.39, 0.29) is 5.69 Å². The quantitative estimate of drug-likeness (QED) is 0.529. The molecule has 0 saturated heterocycles. The second-order valence-electron chi connectivity index (χ2n) is 4.52. The van der Waals surface area contributed by atoms with E-state index in [0.717, 1.165) is 9.09 Å². The molecular formula is C15H11FIN3O2. The van der Waals surface area contributed by atoms with Crippen molar-refractivity contribution in [1.82, 2.24) is 9.38 Å². The fourth-order valence-electron chi connectivity index (χ4n) is 2.13. The molecule has 0 aliphatic heterocycles. The summed E-state index contributed by atoms with van der Waals surface area (Å²) in [6.07, 6.45) is 3.17. The van der Waals surface area contributed by atoms with Crippen LogP contribution in [0.5, 0.6) is 0 Å². The van der Waals surface area contributed by atoms with Crippen molar-refractivity contribution >= 4 is 45.6 Å². The smallest absolute Gasteiger partial charge is 0.341 e. The van der Waals surface area contributed by atoms with Crippen LogP contribution in [0.3, 0.4) is 0 Å². The van der Waals surface area contributed by atoms with Crippen LogP contribution < -0.4 is 5.32 Å². The second kappa shape index (κ2) is 5.91. The van der Waals surface area contributed by atoms with Gasteiger partial charge in [0.15, 0.2) is 0 Å². The number of ether oxygens (including phenoxy) is 1. The number of esters is 1. The molecule has 7 heteroatoms. The molecule has 22 heavy (non-hydrogen) atoms. The van der Waals surface area contributed by atoms with Crippen molar-refractivity contribution in [3.63, 3.8) is 0 Å². The number of anilines is 2. The fraction of sp³-hybridized carbons (Fsp3) is 0.0667. The largest absolute Gasteiger partial charge is 0.465 e. The van der Waals surface area contributed by atoms with E-state index >= 15 is 0 Å². The molecule has 3 rings (SSSR count). The van der Waals surface area contributed by atoms with Crippen molar-refractivity contribution in [3.8, 4) is 0 Å². The molecule has 3 aromatic rings. The summed E-state index contributed by atoms with van der Waals surface area (Å²) in [6, 6.07) is 8.23. The zero-order valence-electron chi connectivity index (χ0n) is 11.5. The van der Waals surface area contributed by atoms with Gasteiger partial charge < -0.3 is 10.1 Å². The minimum atomic E-state index is -0.503. The number of hydrogen-bond donors (Lipinski definition) is 1. The highest BCUT2D eigenvalue weighted by atomic mass is 127. The van der Waals surface area contributed by atoms with Crippen LogP contribution in [-0.4, -0.2) is 22.5 Å². The van der Waals surface area contributed by atoms with Gasteiger partial charge in [0.2, 0.25) is 0 Å². The Morgan fingerprint density at radius 3 is 2.91 bits per heavy atom. The predicted molar refractivity (Wildman–Crippen MR) is 88.9 cm³/mol. The third kappa shape index (κ3) is 2.63. The first kappa shape index (κ1) is 14.8. The molecule has 0 saturated carbocycles. The van der Waals surface area contributed by atoms with E-state index in [4.69, 9.17) is 4.74 Å². The molecule has 2 heterocycles. The van der Waals surface area contributed by atoms with Gasteiger partial charge in [-0.15, -0.1) is 0 Å². The molecule has 0 radical (unpaired) electrons. The molecule has 0 fully saturated rings. The van der Waals surface area contributed by atoms with Crippen LogP contribution in [0, 0.1) is 9.39 Å². The van der Waals surface area contributed by atoms with Gasteiger partial charge in [-0.05, 0) is 52.9 Å². The number of rotatable bonds is 3. The number of nitrogens with zero attached hydrogens (tertiary/aromatic N) is 2. The lowest BCUT2D eigenvalue weighted by Crippen LogP contribution is -2.06. The summed E-state index contributed by atoms with van der Waals surface area (Å²) in [5.41, 5.74) is 1.34. The van der Waals surface area contributed by atoms with Gasteiger partial charge in [0.1, 0.15) is 23.5 Å². The van der Waals surface area contributed by atoms with Crippen molar-refractivity contribution in [2.45, 2.75) is 0 Å². The van der Waals surface area contributed by atoms with Gasteiger partial charge in [-0.3, -0.25) is 4.40 Å². The van der Waals surface area contributed by atoms with Crippen molar-refractivity contribution in [3.05, 3.63) is 57.8 Å². The second-order valence-corrected chi connectivity index (χ2v) is 5.77. The van der Waals surface area contributed by atoms with E-state index in [0.29, 0.717) is 11.4 Å². The van der Waals surface area contributed by atoms with Crippen molar-refractivity contribution in [1.29, 1.82) is 0 Å². The van der Waals surface area contributed by atoms with Gasteiger partial charge in [-0.2, -0.15) is 0 Å². The van der Waals surface area contributed by atoms with E-state index in [2.05, 4.69) is 10.3 Å². The maximum Gasteiger partial charge on any atom is 0.341 e. The summed E-state index contributed by atoms with van der Waals surface area (Å²) in [5, 5.41) is 2.95. The first-order valence-electron chi connectivity index (χ1n) is 6.35. The van der Waals surface area contributed by atoms with Gasteiger partial charge in [-0.25, -0.2) is 14.2 Å². The summed E-state index contributed by atoms with van der Waals surface area (Å²) in [4.78, 5) is 16.0. The highest BCUT2D eigenvalue weighted by Gasteiger charge is 2.18. The lowest BCUT2D eigenvalue weighted by atomic mass is 10.2. The minimum absolute atomic E-state index is 0.273. The van der Waals surface area contributed by atoms with E-state index in [1.165, 1.54) is 13.2 Å². The summed E-state index contributed by atoms with van der Waals surface area (Å²) < 4.78 is 21.3. The number of benzene rings is 1. The number of carbonyl (C=O) groups excluding carboxylic acids is 1. The Bertz CT molecular complexity index is 863. The molecule has 2 aromatic heterocycles. The van der Waals surface area contributed by atoms with Gasteiger partial charge in [-0.1, -0.05) is 0 Å². The topological polar surface area (TPSA) is 55.6 Å². The summed E-state index contributed by atoms with van der Waals surface area (Å²) >= 11 is 2.03. The number of nitrogens with one attached hydrogen (secondary N) is 1. The van der Waals surface area contributed by atoms with E-state index < -0.39 is 11.8 Å². The Hall–Kier alpha value is -2.16. The van der Waals surface area contributed by atoms with Crippen LogP contribution in [-0.2, 0) is 4.74 Å². The highest BCUT2D eigenvalue weighted by molar-refractivity contribution is 14.1. The van der Waals surface area contributed by atoms with Crippen LogP contribution >= 0.6 is 22.6 Å². The Morgan fingerprint density at radius 1 is 1.36 bits per heavy atom. The number of halogens is 2. The first-order chi connectivity index (χ1) is 10.6. The molecule has 1 aromatic carbocycles. The van der Waals surface area contributed by atoms with Crippen LogP contribution in [0.2, 0.25) is 0 Å². The molecule has 0 aliphatic rings. The summed E-state index contributed by atoms with van der Waals surface area (Å²) in [7, 11) is 1.30. The molecule has 0 amide bonds. The van der Waals surface area contributed by atoms with Gasteiger partial charge in [0, 0.05) is 9.77 Å². The first-order valence-corrected chi connectivity index (χ1v) is 7.43. The van der Waals surface area contributed by atoms with Gasteiger partial charge in [0.05, 0.1) is 18.3 Å².